The summed E-state index contributed by atoms with van der Waals surface area (Å²) in [6, 6.07) is -1.42. The van der Waals surface area contributed by atoms with Crippen LogP contribution in [0.4, 0.5) is 4.79 Å². The first-order valence-corrected chi connectivity index (χ1v) is 8.69. The molecular formula is C13H22NO7P. The molecule has 1 atom stereocenters. The van der Waals surface area contributed by atoms with E-state index in [9.17, 15) is 29.0 Å². The van der Waals surface area contributed by atoms with Crippen molar-refractivity contribution in [3.05, 3.63) is 11.6 Å². The fourth-order valence-electron chi connectivity index (χ4n) is 2.92. The van der Waals surface area contributed by atoms with E-state index in [1.54, 1.807) is 20.8 Å². The molecule has 1 aliphatic heterocycles. The molecule has 0 radical (unpaired) electrons. The molecule has 22 heavy (non-hydrogen) atoms. The summed E-state index contributed by atoms with van der Waals surface area (Å²) in [4.78, 5) is 44.0. The van der Waals surface area contributed by atoms with Crippen molar-refractivity contribution in [2.24, 2.45) is 0 Å². The van der Waals surface area contributed by atoms with Gasteiger partial charge in [-0.25, -0.2) is 9.59 Å². The van der Waals surface area contributed by atoms with Crippen LogP contribution < -0.4 is 0 Å². The second-order valence-electron chi connectivity index (χ2n) is 5.03. The molecule has 0 aromatic carbocycles. The molecule has 1 heterocycles. The number of aliphatic carboxylic acids is 1. The number of carbonyl (C=O) groups is 2. The van der Waals surface area contributed by atoms with Gasteiger partial charge in [-0.15, -0.1) is 0 Å². The summed E-state index contributed by atoms with van der Waals surface area (Å²) in [6.07, 6.45) is 0.745. The molecule has 0 saturated carbocycles. The van der Waals surface area contributed by atoms with Crippen LogP contribution in [-0.4, -0.2) is 56.2 Å². The number of amides is 1. The normalized spacial score (nSPS) is 19.0. The first-order chi connectivity index (χ1) is 10.2. The second-order valence-corrected chi connectivity index (χ2v) is 6.98. The minimum absolute atomic E-state index is 0.0487. The monoisotopic (exact) mass is 335 g/mol. The van der Waals surface area contributed by atoms with E-state index in [1.807, 2.05) is 0 Å². The van der Waals surface area contributed by atoms with E-state index >= 15 is 0 Å². The van der Waals surface area contributed by atoms with Gasteiger partial charge in [0.05, 0.1) is 11.8 Å². The van der Waals surface area contributed by atoms with E-state index in [0.717, 1.165) is 4.90 Å². The Balaban J connectivity index is 3.31. The number of carboxylic acid groups (broad SMARTS) is 1. The topological polar surface area (TPSA) is 124 Å². The highest BCUT2D eigenvalue weighted by Crippen LogP contribution is 2.60. The van der Waals surface area contributed by atoms with Crippen LogP contribution in [-0.2, 0) is 14.1 Å². The maximum absolute atomic E-state index is 12.0. The second kappa shape index (κ2) is 6.81. The minimum atomic E-state index is -4.62. The summed E-state index contributed by atoms with van der Waals surface area (Å²) in [7, 11) is -4.62. The summed E-state index contributed by atoms with van der Waals surface area (Å²) in [5.74, 6) is -1.34. The Morgan fingerprint density at radius 3 is 2.27 bits per heavy atom. The molecule has 8 nitrogen and oxygen atoms in total. The highest BCUT2D eigenvalue weighted by molar-refractivity contribution is 7.54. The molecule has 1 aliphatic rings. The van der Waals surface area contributed by atoms with E-state index in [1.165, 1.54) is 6.08 Å². The third-order valence-electron chi connectivity index (χ3n) is 4.12. The molecule has 0 fully saturated rings. The fourth-order valence-corrected chi connectivity index (χ4v) is 4.29. The van der Waals surface area contributed by atoms with Crippen molar-refractivity contribution < 1.29 is 33.8 Å². The molecule has 0 saturated heterocycles. The smallest absolute Gasteiger partial charge is 0.411 e. The van der Waals surface area contributed by atoms with Crippen molar-refractivity contribution in [1.82, 2.24) is 4.90 Å². The third-order valence-corrected chi connectivity index (χ3v) is 6.12. The Morgan fingerprint density at radius 2 is 1.91 bits per heavy atom. The van der Waals surface area contributed by atoms with Crippen LogP contribution in [0.5, 0.6) is 0 Å². The van der Waals surface area contributed by atoms with E-state index < -0.39 is 30.9 Å². The standard InChI is InChI=1S/C13H22NO7P/c1-4-13(5-2,22(18,19)20)9-7-8-14(10(9)11(15)16)12(17)21-6-3/h7,10H,4-6,8H2,1-3H3,(H,15,16)(H2,18,19,20). The first-order valence-electron chi connectivity index (χ1n) is 7.08. The molecule has 3 N–H and O–H groups in total. The molecule has 1 rings (SSSR count). The Labute approximate surface area is 128 Å². The average Bonchev–Trinajstić information content (AvgIpc) is 2.85. The summed E-state index contributed by atoms with van der Waals surface area (Å²) < 4.78 is 16.8. The Kier molecular flexibility index (Phi) is 5.78. The van der Waals surface area contributed by atoms with Gasteiger partial charge in [0, 0.05) is 6.54 Å². The van der Waals surface area contributed by atoms with E-state index in [0.29, 0.717) is 0 Å². The van der Waals surface area contributed by atoms with Crippen molar-refractivity contribution in [2.75, 3.05) is 13.2 Å². The van der Waals surface area contributed by atoms with Crippen molar-refractivity contribution in [3.8, 4) is 0 Å². The fraction of sp³-hybridized carbons (Fsp3) is 0.692. The Hall–Kier alpha value is -1.37. The van der Waals surface area contributed by atoms with Crippen LogP contribution in [0.15, 0.2) is 11.6 Å². The molecule has 0 aromatic heterocycles. The molecule has 1 unspecified atom stereocenters. The number of carbonyl (C=O) groups excluding carboxylic acids is 1. The van der Waals surface area contributed by atoms with Crippen molar-refractivity contribution in [3.63, 3.8) is 0 Å². The van der Waals surface area contributed by atoms with Gasteiger partial charge in [-0.2, -0.15) is 0 Å². The van der Waals surface area contributed by atoms with Gasteiger partial charge in [0.15, 0.2) is 6.04 Å². The predicted molar refractivity (Wildman–Crippen MR) is 78.6 cm³/mol. The molecule has 0 aromatic rings. The highest BCUT2D eigenvalue weighted by Gasteiger charge is 2.54. The zero-order valence-corrected chi connectivity index (χ0v) is 13.7. The van der Waals surface area contributed by atoms with E-state index in [-0.39, 0.29) is 31.6 Å². The molecule has 9 heteroatoms. The number of ether oxygens (including phenoxy) is 1. The lowest BCUT2D eigenvalue weighted by Crippen LogP contribution is -2.47. The lowest BCUT2D eigenvalue weighted by atomic mass is 9.88. The van der Waals surface area contributed by atoms with Gasteiger partial charge in [-0.3, -0.25) is 9.46 Å². The van der Waals surface area contributed by atoms with Crippen molar-refractivity contribution >= 4 is 19.7 Å². The molecule has 0 bridgehead atoms. The van der Waals surface area contributed by atoms with Gasteiger partial charge < -0.3 is 19.6 Å². The van der Waals surface area contributed by atoms with Crippen LogP contribution in [0.1, 0.15) is 33.6 Å². The lowest BCUT2D eigenvalue weighted by Gasteiger charge is -2.37. The maximum Gasteiger partial charge on any atom is 0.411 e. The molecule has 1 amide bonds. The number of hydrogen-bond acceptors (Lipinski definition) is 4. The third kappa shape index (κ3) is 3.04. The minimum Gasteiger partial charge on any atom is -0.479 e. The van der Waals surface area contributed by atoms with Crippen LogP contribution in [0.3, 0.4) is 0 Å². The quantitative estimate of drug-likeness (QED) is 0.497. The summed E-state index contributed by atoms with van der Waals surface area (Å²) in [5.41, 5.74) is 0.0754. The first kappa shape index (κ1) is 18.7. The van der Waals surface area contributed by atoms with Crippen LogP contribution in [0, 0.1) is 0 Å². The van der Waals surface area contributed by atoms with E-state index in [4.69, 9.17) is 4.74 Å². The summed E-state index contributed by atoms with van der Waals surface area (Å²) >= 11 is 0. The van der Waals surface area contributed by atoms with E-state index in [2.05, 4.69) is 0 Å². The number of hydrogen-bond donors (Lipinski definition) is 3. The number of carboxylic acids is 1. The van der Waals surface area contributed by atoms with Crippen LogP contribution in [0.2, 0.25) is 0 Å². The van der Waals surface area contributed by atoms with Crippen molar-refractivity contribution in [1.29, 1.82) is 0 Å². The molecule has 0 spiro atoms. The Bertz CT molecular complexity index is 520. The molecular weight excluding hydrogens is 313 g/mol. The average molecular weight is 335 g/mol. The van der Waals surface area contributed by atoms with Crippen LogP contribution in [0.25, 0.3) is 0 Å². The van der Waals surface area contributed by atoms with Crippen molar-refractivity contribution in [2.45, 2.75) is 44.8 Å². The van der Waals surface area contributed by atoms with Gasteiger partial charge in [-0.1, -0.05) is 19.9 Å². The summed E-state index contributed by atoms with van der Waals surface area (Å²) in [5, 5.41) is 7.86. The number of nitrogens with zero attached hydrogens (tertiary/aromatic N) is 1. The van der Waals surface area contributed by atoms with Gasteiger partial charge in [0.25, 0.3) is 0 Å². The lowest BCUT2D eigenvalue weighted by molar-refractivity contribution is -0.140. The maximum atomic E-state index is 12.0. The number of rotatable bonds is 6. The van der Waals surface area contributed by atoms with Crippen LogP contribution >= 0.6 is 7.60 Å². The molecule has 126 valence electrons. The Morgan fingerprint density at radius 1 is 1.36 bits per heavy atom. The SMILES string of the molecule is CCOC(=O)N1CC=C(C(CC)(CC)P(=O)(O)O)C1C(=O)O. The molecule has 0 aliphatic carbocycles. The predicted octanol–water partition coefficient (Wildman–Crippen LogP) is 1.57. The van der Waals surface area contributed by atoms with Gasteiger partial charge in [-0.05, 0) is 25.3 Å². The zero-order valence-electron chi connectivity index (χ0n) is 12.9. The van der Waals surface area contributed by atoms with Gasteiger partial charge in [0.2, 0.25) is 0 Å². The zero-order chi connectivity index (χ0) is 17.1. The highest BCUT2D eigenvalue weighted by atomic mass is 31.2. The summed E-state index contributed by atoms with van der Waals surface area (Å²) in [6.45, 7) is 4.82. The van der Waals surface area contributed by atoms with Gasteiger partial charge >= 0.3 is 19.7 Å². The largest absolute Gasteiger partial charge is 0.479 e. The van der Waals surface area contributed by atoms with Gasteiger partial charge in [0.1, 0.15) is 0 Å².